The van der Waals surface area contributed by atoms with Gasteiger partial charge in [0.2, 0.25) is 0 Å². The molecule has 1 aromatic heterocycles. The van der Waals surface area contributed by atoms with Crippen LogP contribution in [0, 0.1) is 6.33 Å². The van der Waals surface area contributed by atoms with Crippen LogP contribution in [0.2, 0.25) is 0 Å². The van der Waals surface area contributed by atoms with Gasteiger partial charge < -0.3 is 29.5 Å². The summed E-state index contributed by atoms with van der Waals surface area (Å²) in [5.41, 5.74) is -0.170. The Hall–Kier alpha value is -1.29. The molecule has 0 spiro atoms. The van der Waals surface area contributed by atoms with Gasteiger partial charge in [-0.2, -0.15) is 0 Å². The van der Waals surface area contributed by atoms with Gasteiger partial charge >= 0.3 is 18.9 Å². The van der Waals surface area contributed by atoms with E-state index in [1.165, 1.54) is 6.07 Å². The fourth-order valence-electron chi connectivity index (χ4n) is 1.28. The molecule has 0 radical (unpaired) electrons. The first-order valence-corrected chi connectivity index (χ1v) is 5.09. The van der Waals surface area contributed by atoms with Gasteiger partial charge in [0.25, 0.3) is 5.97 Å². The fourth-order valence-corrected chi connectivity index (χ4v) is 1.28. The second kappa shape index (κ2) is 8.75. The summed E-state index contributed by atoms with van der Waals surface area (Å²) in [6.45, 7) is 4.03. The number of anilines is 1. The molecule has 0 saturated carbocycles. The van der Waals surface area contributed by atoms with E-state index in [1.54, 1.807) is 0 Å². The van der Waals surface area contributed by atoms with Gasteiger partial charge in [-0.05, 0) is 0 Å². The first-order valence-electron chi connectivity index (χ1n) is 5.09. The molecule has 8 heteroatoms. The van der Waals surface area contributed by atoms with Gasteiger partial charge in [-0.1, -0.05) is 6.07 Å². The van der Waals surface area contributed by atoms with Crippen molar-refractivity contribution in [2.24, 2.45) is 0 Å². The van der Waals surface area contributed by atoms with E-state index in [0.29, 0.717) is 19.0 Å². The van der Waals surface area contributed by atoms with E-state index in [2.05, 4.69) is 16.3 Å². The van der Waals surface area contributed by atoms with Gasteiger partial charge in [-0.3, -0.25) is 4.79 Å². The van der Waals surface area contributed by atoms with Crippen LogP contribution in [0.1, 0.15) is 6.92 Å². The molecule has 1 aliphatic rings. The summed E-state index contributed by atoms with van der Waals surface area (Å²) in [5.74, 6) is -0.160. The van der Waals surface area contributed by atoms with Crippen LogP contribution in [0.3, 0.4) is 0 Å². The van der Waals surface area contributed by atoms with E-state index in [1.807, 2.05) is 4.90 Å². The summed E-state index contributed by atoms with van der Waals surface area (Å²) in [4.78, 5) is 28.3. The van der Waals surface area contributed by atoms with Crippen LogP contribution in [0.5, 0.6) is 0 Å². The van der Waals surface area contributed by atoms with Crippen molar-refractivity contribution >= 4 is 11.8 Å². The van der Waals surface area contributed by atoms with Crippen molar-refractivity contribution in [1.29, 1.82) is 0 Å². The van der Waals surface area contributed by atoms with Crippen molar-refractivity contribution in [3.05, 3.63) is 22.7 Å². The van der Waals surface area contributed by atoms with E-state index in [-0.39, 0.29) is 24.4 Å². The molecule has 1 saturated heterocycles. The zero-order valence-corrected chi connectivity index (χ0v) is 10.5. The minimum Gasteiger partial charge on any atom is -0.481 e. The first-order chi connectivity index (χ1) is 8.09. The number of hydrogen-bond acceptors (Lipinski definition) is 5. The van der Waals surface area contributed by atoms with Gasteiger partial charge in [0.15, 0.2) is 0 Å². The van der Waals surface area contributed by atoms with Gasteiger partial charge in [0.05, 0.1) is 13.2 Å². The average Bonchev–Trinajstić information content (AvgIpc) is 2.29. The maximum atomic E-state index is 10.9. The SMILES string of the molecule is CC(=O)O.O=c1cc(N2CCOCC2)n[c-][nH]1.[Li+]. The molecule has 0 aliphatic carbocycles. The number of nitrogens with zero attached hydrogens (tertiary/aromatic N) is 2. The van der Waals surface area contributed by atoms with Crippen LogP contribution in [0.25, 0.3) is 0 Å². The number of morpholine rings is 1. The number of carboxylic acid groups (broad SMARTS) is 1. The van der Waals surface area contributed by atoms with Crippen molar-refractivity contribution in [3.8, 4) is 0 Å². The average molecular weight is 247 g/mol. The zero-order chi connectivity index (χ0) is 12.7. The maximum Gasteiger partial charge on any atom is 1.00 e. The van der Waals surface area contributed by atoms with E-state index in [4.69, 9.17) is 14.6 Å². The molecule has 2 rings (SSSR count). The molecule has 0 unspecified atom stereocenters. The summed E-state index contributed by atoms with van der Waals surface area (Å²) in [6.07, 6.45) is 2.46. The Balaban J connectivity index is 0.000000512. The van der Waals surface area contributed by atoms with Crippen LogP contribution in [0.4, 0.5) is 5.82 Å². The number of H-pyrrole nitrogens is 1. The number of aromatic nitrogens is 2. The molecule has 0 aromatic carbocycles. The van der Waals surface area contributed by atoms with E-state index < -0.39 is 5.97 Å². The number of carbonyl (C=O) groups is 1. The third kappa shape index (κ3) is 6.44. The molecular formula is C10H14LiN3O4. The van der Waals surface area contributed by atoms with E-state index in [9.17, 15) is 4.79 Å². The summed E-state index contributed by atoms with van der Waals surface area (Å²) in [5, 5.41) is 7.42. The Bertz CT molecular complexity index is 414. The number of nitrogens with one attached hydrogen (secondary N) is 1. The Kier molecular flexibility index (Phi) is 8.12. The van der Waals surface area contributed by atoms with Crippen molar-refractivity contribution < 1.29 is 33.5 Å². The van der Waals surface area contributed by atoms with E-state index >= 15 is 0 Å². The molecular weight excluding hydrogens is 233 g/mol. The molecule has 0 amide bonds. The molecule has 1 aromatic rings. The number of aliphatic carboxylic acids is 1. The quantitative estimate of drug-likeness (QED) is 0.395. The Morgan fingerprint density at radius 1 is 1.56 bits per heavy atom. The Labute approximate surface area is 116 Å². The summed E-state index contributed by atoms with van der Waals surface area (Å²) >= 11 is 0. The normalized spacial score (nSPS) is 13.9. The van der Waals surface area contributed by atoms with Gasteiger partial charge in [0, 0.05) is 32.2 Å². The number of ether oxygens (including phenoxy) is 1. The van der Waals surface area contributed by atoms with Crippen LogP contribution in [0.15, 0.2) is 10.9 Å². The zero-order valence-electron chi connectivity index (χ0n) is 10.5. The fraction of sp³-hybridized carbons (Fsp3) is 0.500. The van der Waals surface area contributed by atoms with Crippen LogP contribution < -0.4 is 29.3 Å². The molecule has 1 fully saturated rings. The van der Waals surface area contributed by atoms with Crippen molar-refractivity contribution in [2.45, 2.75) is 6.92 Å². The largest absolute Gasteiger partial charge is 1.00 e. The second-order valence-corrected chi connectivity index (χ2v) is 3.33. The number of aromatic amines is 1. The van der Waals surface area contributed by atoms with Gasteiger partial charge in [-0.15, -0.1) is 0 Å². The van der Waals surface area contributed by atoms with Crippen LogP contribution in [-0.4, -0.2) is 47.3 Å². The molecule has 7 nitrogen and oxygen atoms in total. The monoisotopic (exact) mass is 247 g/mol. The molecule has 18 heavy (non-hydrogen) atoms. The van der Waals surface area contributed by atoms with E-state index in [0.717, 1.165) is 20.0 Å². The molecule has 0 bridgehead atoms. The molecule has 94 valence electrons. The minimum absolute atomic E-state index is 0. The maximum absolute atomic E-state index is 10.9. The molecule has 0 atom stereocenters. The molecule has 1 aliphatic heterocycles. The Morgan fingerprint density at radius 2 is 2.11 bits per heavy atom. The molecule has 2 N–H and O–H groups in total. The minimum atomic E-state index is -0.833. The summed E-state index contributed by atoms with van der Waals surface area (Å²) in [7, 11) is 0. The summed E-state index contributed by atoms with van der Waals surface area (Å²) < 4.78 is 5.19. The van der Waals surface area contributed by atoms with Crippen molar-refractivity contribution in [3.63, 3.8) is 0 Å². The van der Waals surface area contributed by atoms with Crippen molar-refractivity contribution in [1.82, 2.24) is 9.97 Å². The third-order valence-electron chi connectivity index (χ3n) is 1.94. The number of hydrogen-bond donors (Lipinski definition) is 2. The summed E-state index contributed by atoms with van der Waals surface area (Å²) in [6, 6.07) is 1.47. The number of carboxylic acids is 1. The van der Waals surface area contributed by atoms with Gasteiger partial charge in [-0.25, -0.2) is 0 Å². The second-order valence-electron chi connectivity index (χ2n) is 3.33. The third-order valence-corrected chi connectivity index (χ3v) is 1.94. The van der Waals surface area contributed by atoms with Crippen LogP contribution in [-0.2, 0) is 9.53 Å². The van der Waals surface area contributed by atoms with Gasteiger partial charge in [0.1, 0.15) is 5.56 Å². The first kappa shape index (κ1) is 16.7. The predicted molar refractivity (Wildman–Crippen MR) is 60.0 cm³/mol. The smallest absolute Gasteiger partial charge is 0.481 e. The van der Waals surface area contributed by atoms with Crippen molar-refractivity contribution in [2.75, 3.05) is 31.2 Å². The topological polar surface area (TPSA) is 95.5 Å². The standard InChI is InChI=1S/C8H10N3O2.C2H4O2.Li/c12-8-5-7(9-6-10-8)11-1-3-13-4-2-11;1-2(3)4;/h5H,1-4H2,(H,9,10,12);1H3,(H,3,4);/q-1;;+1. The predicted octanol–water partition coefficient (Wildman–Crippen LogP) is -3.50. The molecule has 2 heterocycles. The van der Waals surface area contributed by atoms with Crippen LogP contribution >= 0.6 is 0 Å². The Morgan fingerprint density at radius 3 is 2.61 bits per heavy atom. The number of rotatable bonds is 1.